The Morgan fingerprint density at radius 1 is 1.33 bits per heavy atom. The fourth-order valence-electron chi connectivity index (χ4n) is 1.60. The number of anilines is 1. The lowest BCUT2D eigenvalue weighted by molar-refractivity contribution is -0.385. The second-order valence-electron chi connectivity index (χ2n) is 4.09. The van der Waals surface area contributed by atoms with Crippen molar-refractivity contribution >= 4 is 43.4 Å². The van der Waals surface area contributed by atoms with E-state index in [1.165, 1.54) is 12.1 Å². The van der Waals surface area contributed by atoms with Gasteiger partial charge in [0, 0.05) is 30.9 Å². The molecule has 0 bridgehead atoms. The number of nitrogens with one attached hydrogen (secondary N) is 1. The van der Waals surface area contributed by atoms with Crippen LogP contribution in [0.2, 0.25) is 0 Å². The van der Waals surface area contributed by atoms with Crippen LogP contribution in [0.1, 0.15) is 5.56 Å². The highest BCUT2D eigenvalue weighted by Gasteiger charge is 2.15. The van der Waals surface area contributed by atoms with Gasteiger partial charge in [0.15, 0.2) is 0 Å². The molecule has 8 heteroatoms. The van der Waals surface area contributed by atoms with E-state index in [0.29, 0.717) is 21.3 Å². The molecular formula is C13H11Br2N3O3. The van der Waals surface area contributed by atoms with E-state index in [-0.39, 0.29) is 5.69 Å². The monoisotopic (exact) mass is 415 g/mol. The van der Waals surface area contributed by atoms with E-state index in [0.717, 1.165) is 11.4 Å². The average molecular weight is 417 g/mol. The van der Waals surface area contributed by atoms with Gasteiger partial charge in [0.2, 0.25) is 0 Å². The van der Waals surface area contributed by atoms with E-state index in [1.807, 2.05) is 12.1 Å². The first kappa shape index (κ1) is 15.7. The Balaban J connectivity index is 2.14. The fraction of sp³-hybridized carbons (Fsp3) is 0.154. The summed E-state index contributed by atoms with van der Waals surface area (Å²) < 4.78 is 6.72. The van der Waals surface area contributed by atoms with Crippen molar-refractivity contribution in [3.05, 3.63) is 55.1 Å². The van der Waals surface area contributed by atoms with Gasteiger partial charge in [-0.2, -0.15) is 0 Å². The first-order chi connectivity index (χ1) is 10.0. The zero-order valence-corrected chi connectivity index (χ0v) is 14.1. The average Bonchev–Trinajstić information content (AvgIpc) is 2.46. The van der Waals surface area contributed by atoms with E-state index in [2.05, 4.69) is 42.2 Å². The molecule has 0 spiro atoms. The summed E-state index contributed by atoms with van der Waals surface area (Å²) >= 11 is 6.56. The Morgan fingerprint density at radius 2 is 2.00 bits per heavy atom. The minimum Gasteiger partial charge on any atom is -0.486 e. The number of hydrogen-bond acceptors (Lipinski definition) is 5. The topological polar surface area (TPSA) is 77.3 Å². The van der Waals surface area contributed by atoms with Crippen molar-refractivity contribution in [2.45, 2.75) is 6.61 Å². The lowest BCUT2D eigenvalue weighted by Crippen LogP contribution is -1.99. The molecule has 0 atom stereocenters. The largest absolute Gasteiger partial charge is 0.486 e. The number of benzene rings is 1. The molecule has 2 aromatic rings. The number of ether oxygens (including phenoxy) is 1. The summed E-state index contributed by atoms with van der Waals surface area (Å²) in [7, 11) is 1.80. The van der Waals surface area contributed by atoms with E-state index in [4.69, 9.17) is 4.74 Å². The molecule has 6 nitrogen and oxygen atoms in total. The number of nitrogens with zero attached hydrogens (tertiary/aromatic N) is 2. The van der Waals surface area contributed by atoms with E-state index in [1.54, 1.807) is 13.2 Å². The second kappa shape index (κ2) is 6.86. The van der Waals surface area contributed by atoms with Gasteiger partial charge in [-0.3, -0.25) is 10.1 Å². The Labute approximate surface area is 137 Å². The van der Waals surface area contributed by atoms with Gasteiger partial charge in [0.1, 0.15) is 18.2 Å². The van der Waals surface area contributed by atoms with Crippen molar-refractivity contribution < 1.29 is 9.66 Å². The van der Waals surface area contributed by atoms with Crippen LogP contribution in [-0.4, -0.2) is 17.0 Å². The molecule has 1 aromatic heterocycles. The third-order valence-corrected chi connectivity index (χ3v) is 3.84. The van der Waals surface area contributed by atoms with Crippen molar-refractivity contribution in [1.29, 1.82) is 0 Å². The summed E-state index contributed by atoms with van der Waals surface area (Å²) in [6.07, 6.45) is 1.71. The van der Waals surface area contributed by atoms with Gasteiger partial charge in [0.05, 0.1) is 13.9 Å². The predicted molar refractivity (Wildman–Crippen MR) is 86.6 cm³/mol. The summed E-state index contributed by atoms with van der Waals surface area (Å²) in [5.74, 6) is 1.29. The van der Waals surface area contributed by atoms with Crippen molar-refractivity contribution in [3.63, 3.8) is 0 Å². The van der Waals surface area contributed by atoms with Gasteiger partial charge in [-0.25, -0.2) is 4.98 Å². The second-order valence-corrected chi connectivity index (χ2v) is 5.79. The number of halogens is 2. The van der Waals surface area contributed by atoms with Crippen LogP contribution in [-0.2, 0) is 6.61 Å². The third kappa shape index (κ3) is 3.92. The van der Waals surface area contributed by atoms with Gasteiger partial charge in [-0.1, -0.05) is 6.07 Å². The molecule has 0 fully saturated rings. The van der Waals surface area contributed by atoms with Crippen molar-refractivity contribution in [2.24, 2.45) is 0 Å². The van der Waals surface area contributed by atoms with Crippen molar-refractivity contribution in [1.82, 2.24) is 4.98 Å². The highest BCUT2D eigenvalue weighted by molar-refractivity contribution is 9.11. The van der Waals surface area contributed by atoms with Gasteiger partial charge in [-0.05, 0) is 37.9 Å². The van der Waals surface area contributed by atoms with E-state index >= 15 is 0 Å². The number of pyridine rings is 1. The maximum atomic E-state index is 10.8. The summed E-state index contributed by atoms with van der Waals surface area (Å²) in [4.78, 5) is 14.5. The number of non-ortho nitro benzene ring substituents is 1. The molecule has 0 saturated carbocycles. The molecule has 0 unspecified atom stereocenters. The molecule has 0 aliphatic carbocycles. The van der Waals surface area contributed by atoms with Crippen LogP contribution in [0.15, 0.2) is 39.4 Å². The van der Waals surface area contributed by atoms with Crippen LogP contribution < -0.4 is 10.1 Å². The van der Waals surface area contributed by atoms with Crippen LogP contribution in [0.3, 0.4) is 0 Å². The third-order valence-electron chi connectivity index (χ3n) is 2.66. The number of hydrogen-bond donors (Lipinski definition) is 1. The molecule has 0 radical (unpaired) electrons. The Bertz CT molecular complexity index is 639. The fourth-order valence-corrected chi connectivity index (χ4v) is 2.99. The minimum absolute atomic E-state index is 0.0128. The Hall–Kier alpha value is -1.67. The Kier molecular flexibility index (Phi) is 5.13. The van der Waals surface area contributed by atoms with Crippen LogP contribution in [0.25, 0.3) is 0 Å². The molecule has 0 aliphatic rings. The zero-order valence-electron chi connectivity index (χ0n) is 11.0. The number of aromatic nitrogens is 1. The summed E-state index contributed by atoms with van der Waals surface area (Å²) in [5, 5.41) is 13.7. The highest BCUT2D eigenvalue weighted by Crippen LogP contribution is 2.37. The first-order valence-corrected chi connectivity index (χ1v) is 7.48. The van der Waals surface area contributed by atoms with Gasteiger partial charge < -0.3 is 10.1 Å². The molecule has 1 heterocycles. The molecule has 0 aliphatic heterocycles. The van der Waals surface area contributed by atoms with Crippen LogP contribution in [0.5, 0.6) is 5.75 Å². The molecule has 110 valence electrons. The molecular weight excluding hydrogens is 406 g/mol. The molecule has 21 heavy (non-hydrogen) atoms. The molecule has 0 saturated heterocycles. The molecule has 0 amide bonds. The van der Waals surface area contributed by atoms with Crippen LogP contribution in [0.4, 0.5) is 11.5 Å². The maximum Gasteiger partial charge on any atom is 0.271 e. The normalized spacial score (nSPS) is 10.2. The molecule has 1 N–H and O–H groups in total. The van der Waals surface area contributed by atoms with Gasteiger partial charge in [0.25, 0.3) is 5.69 Å². The van der Waals surface area contributed by atoms with Gasteiger partial charge >= 0.3 is 0 Å². The summed E-state index contributed by atoms with van der Waals surface area (Å²) in [5.41, 5.74) is 0.882. The highest BCUT2D eigenvalue weighted by atomic mass is 79.9. The number of rotatable bonds is 5. The van der Waals surface area contributed by atoms with Crippen molar-refractivity contribution in [2.75, 3.05) is 12.4 Å². The van der Waals surface area contributed by atoms with Gasteiger partial charge in [-0.15, -0.1) is 0 Å². The quantitative estimate of drug-likeness (QED) is 0.585. The van der Waals surface area contributed by atoms with Crippen LogP contribution >= 0.6 is 31.9 Å². The lowest BCUT2D eigenvalue weighted by Gasteiger charge is -2.10. The van der Waals surface area contributed by atoms with Crippen molar-refractivity contribution in [3.8, 4) is 5.75 Å². The number of nitro groups is 1. The number of nitro benzene ring substituents is 1. The van der Waals surface area contributed by atoms with Crippen LogP contribution in [0, 0.1) is 10.1 Å². The van der Waals surface area contributed by atoms with E-state index in [9.17, 15) is 10.1 Å². The standard InChI is InChI=1S/C13H11Br2N3O3/c1-16-12-3-2-8(6-17-12)7-21-13-10(14)4-9(18(19)20)5-11(13)15/h2-6H,7H2,1H3,(H,16,17). The smallest absolute Gasteiger partial charge is 0.271 e. The minimum atomic E-state index is -0.459. The predicted octanol–water partition coefficient (Wildman–Crippen LogP) is 4.14. The lowest BCUT2D eigenvalue weighted by atomic mass is 10.3. The molecule has 1 aromatic carbocycles. The SMILES string of the molecule is CNc1ccc(COc2c(Br)cc([N+](=O)[O-])cc2Br)cn1. The summed E-state index contributed by atoms with van der Waals surface area (Å²) in [6, 6.07) is 6.55. The Morgan fingerprint density at radius 3 is 2.48 bits per heavy atom. The summed E-state index contributed by atoms with van der Waals surface area (Å²) in [6.45, 7) is 0.312. The first-order valence-electron chi connectivity index (χ1n) is 5.90. The van der Waals surface area contributed by atoms with E-state index < -0.39 is 4.92 Å². The zero-order chi connectivity index (χ0) is 15.4. The maximum absolute atomic E-state index is 10.8. The molecule has 2 rings (SSSR count).